The van der Waals surface area contributed by atoms with Crippen molar-refractivity contribution in [2.45, 2.75) is 31.2 Å². The molecule has 9 nitrogen and oxygen atoms in total. The van der Waals surface area contributed by atoms with Gasteiger partial charge in [-0.05, 0) is 43.2 Å². The zero-order valence-electron chi connectivity index (χ0n) is 17.6. The highest BCUT2D eigenvalue weighted by molar-refractivity contribution is 7.92. The second kappa shape index (κ2) is 8.56. The van der Waals surface area contributed by atoms with Gasteiger partial charge in [0.25, 0.3) is 10.0 Å². The summed E-state index contributed by atoms with van der Waals surface area (Å²) in [4.78, 5) is 21.0. The molecule has 3 aromatic rings. The third-order valence-corrected chi connectivity index (χ3v) is 6.42. The second-order valence-corrected chi connectivity index (χ2v) is 9.23. The molecule has 10 heteroatoms. The van der Waals surface area contributed by atoms with Crippen molar-refractivity contribution in [1.29, 1.82) is 0 Å². The van der Waals surface area contributed by atoms with Crippen molar-refractivity contribution in [3.8, 4) is 17.1 Å². The fraction of sp³-hybridized carbons (Fsp3) is 0.227. The fourth-order valence-corrected chi connectivity index (χ4v) is 4.46. The van der Waals surface area contributed by atoms with Crippen LogP contribution in [-0.2, 0) is 14.8 Å². The summed E-state index contributed by atoms with van der Waals surface area (Å²) < 4.78 is 34.1. The van der Waals surface area contributed by atoms with Crippen LogP contribution in [0, 0.1) is 13.8 Å². The maximum Gasteiger partial charge on any atom is 0.264 e. The van der Waals surface area contributed by atoms with Gasteiger partial charge in [0, 0.05) is 23.7 Å². The monoisotopic (exact) mass is 453 g/mol. The first-order chi connectivity index (χ1) is 15.2. The Balaban J connectivity index is 1.84. The Morgan fingerprint density at radius 1 is 1.06 bits per heavy atom. The van der Waals surface area contributed by atoms with E-state index < -0.39 is 22.0 Å². The van der Waals surface area contributed by atoms with Crippen LogP contribution in [0.2, 0.25) is 0 Å². The molecule has 0 spiro atoms. The zero-order valence-corrected chi connectivity index (χ0v) is 18.4. The Morgan fingerprint density at radius 2 is 1.78 bits per heavy atom. The number of carbonyl (C=O) groups excluding carboxylic acids is 1. The van der Waals surface area contributed by atoms with Gasteiger partial charge in [0.15, 0.2) is 0 Å². The number of sulfonamides is 1. The van der Waals surface area contributed by atoms with Gasteiger partial charge in [-0.25, -0.2) is 18.1 Å². The summed E-state index contributed by atoms with van der Waals surface area (Å²) in [6.45, 7) is 4.01. The van der Waals surface area contributed by atoms with Gasteiger partial charge in [0.05, 0.1) is 23.2 Å². The minimum absolute atomic E-state index is 0.0514. The van der Waals surface area contributed by atoms with Crippen LogP contribution in [0.1, 0.15) is 17.5 Å². The lowest BCUT2D eigenvalue weighted by molar-refractivity contribution is -0.117. The molecule has 0 fully saturated rings. The summed E-state index contributed by atoms with van der Waals surface area (Å²) in [5.41, 5.74) is 9.62. The summed E-state index contributed by atoms with van der Waals surface area (Å²) in [7, 11) is -4.03. The van der Waals surface area contributed by atoms with Crippen LogP contribution in [0.5, 0.6) is 5.88 Å². The molecule has 0 saturated carbocycles. The molecule has 32 heavy (non-hydrogen) atoms. The maximum atomic E-state index is 13.0. The molecule has 1 amide bonds. The predicted octanol–water partition coefficient (Wildman–Crippen LogP) is 2.61. The molecule has 1 unspecified atom stereocenters. The number of hydrogen-bond donors (Lipinski definition) is 3. The Labute approximate surface area is 186 Å². The number of nitrogens with two attached hydrogens (primary N) is 1. The molecule has 166 valence electrons. The van der Waals surface area contributed by atoms with Crippen LogP contribution >= 0.6 is 0 Å². The van der Waals surface area contributed by atoms with Crippen LogP contribution in [0.3, 0.4) is 0 Å². The van der Waals surface area contributed by atoms with Gasteiger partial charge in [0.2, 0.25) is 17.7 Å². The lowest BCUT2D eigenvalue weighted by atomic mass is 10.00. The minimum atomic E-state index is -4.03. The number of hydrogen-bond acceptors (Lipinski definition) is 7. The molecule has 1 atom stereocenters. The van der Waals surface area contributed by atoms with E-state index in [9.17, 15) is 13.2 Å². The number of aromatic nitrogens is 2. The molecule has 2 heterocycles. The van der Waals surface area contributed by atoms with Crippen molar-refractivity contribution in [3.63, 3.8) is 0 Å². The van der Waals surface area contributed by atoms with E-state index in [1.807, 2.05) is 32.0 Å². The number of nitrogens with one attached hydrogen (secondary N) is 2. The van der Waals surface area contributed by atoms with Crippen molar-refractivity contribution in [2.75, 3.05) is 16.6 Å². The average Bonchev–Trinajstić information content (AvgIpc) is 2.73. The van der Waals surface area contributed by atoms with Gasteiger partial charge in [-0.3, -0.25) is 4.79 Å². The van der Waals surface area contributed by atoms with Crippen LogP contribution < -0.4 is 20.5 Å². The molecule has 4 N–H and O–H groups in total. The lowest BCUT2D eigenvalue weighted by Gasteiger charge is -2.16. The average molecular weight is 454 g/mol. The standard InChI is InChI=1S/C22H23N5O4S/c1-13-5-3-6-14(2)20(13)18-12-19-26-22(25-18)27-32(29,30)16-8-4-7-15(11-16)24-21(28)17(23)9-10-31-19/h3-8,11-12,17H,9-10,23H2,1-2H3,(H,24,28)(H,25,26,27). The first kappa shape index (κ1) is 21.7. The quantitative estimate of drug-likeness (QED) is 0.515. The number of benzene rings is 2. The van der Waals surface area contributed by atoms with Gasteiger partial charge in [-0.15, -0.1) is 0 Å². The molecule has 0 radical (unpaired) electrons. The summed E-state index contributed by atoms with van der Waals surface area (Å²) in [5.74, 6) is -0.377. The lowest BCUT2D eigenvalue weighted by Crippen LogP contribution is -2.37. The molecule has 0 saturated heterocycles. The van der Waals surface area contributed by atoms with Crippen LogP contribution in [0.15, 0.2) is 53.4 Å². The Kier molecular flexibility index (Phi) is 5.81. The second-order valence-electron chi connectivity index (χ2n) is 7.55. The first-order valence-electron chi connectivity index (χ1n) is 10.0. The van der Waals surface area contributed by atoms with E-state index in [2.05, 4.69) is 20.0 Å². The van der Waals surface area contributed by atoms with Crippen LogP contribution in [-0.4, -0.2) is 36.9 Å². The fourth-order valence-electron chi connectivity index (χ4n) is 3.47. The van der Waals surface area contributed by atoms with Crippen molar-refractivity contribution in [3.05, 3.63) is 59.7 Å². The third-order valence-electron chi connectivity index (χ3n) is 5.09. The summed E-state index contributed by atoms with van der Waals surface area (Å²) >= 11 is 0. The van der Waals surface area contributed by atoms with Crippen LogP contribution in [0.4, 0.5) is 11.6 Å². The number of aryl methyl sites for hydroxylation is 2. The number of amides is 1. The van der Waals surface area contributed by atoms with Gasteiger partial charge < -0.3 is 15.8 Å². The zero-order chi connectivity index (χ0) is 22.9. The Hall–Kier alpha value is -3.50. The van der Waals surface area contributed by atoms with E-state index in [0.717, 1.165) is 16.7 Å². The Morgan fingerprint density at radius 3 is 2.53 bits per heavy atom. The van der Waals surface area contributed by atoms with E-state index in [1.165, 1.54) is 18.2 Å². The molecule has 1 aromatic heterocycles. The molecule has 0 aliphatic carbocycles. The molecular weight excluding hydrogens is 430 g/mol. The molecule has 4 bridgehead atoms. The molecule has 1 aliphatic rings. The van der Waals surface area contributed by atoms with Crippen molar-refractivity contribution in [2.24, 2.45) is 5.73 Å². The number of carbonyl (C=O) groups is 1. The SMILES string of the molecule is Cc1cccc(C)c1-c1cc2nc(n1)NS(=O)(=O)c1cccc(c1)NC(=O)C(N)CCO2. The van der Waals surface area contributed by atoms with Gasteiger partial charge in [-0.2, -0.15) is 4.98 Å². The number of rotatable bonds is 1. The minimum Gasteiger partial charge on any atom is -0.477 e. The van der Waals surface area contributed by atoms with E-state index >= 15 is 0 Å². The molecular formula is C22H23N5O4S. The highest BCUT2D eigenvalue weighted by atomic mass is 32.2. The number of anilines is 2. The first-order valence-corrected chi connectivity index (χ1v) is 11.5. The molecule has 2 aromatic carbocycles. The molecule has 1 aliphatic heterocycles. The predicted molar refractivity (Wildman–Crippen MR) is 121 cm³/mol. The van der Waals surface area contributed by atoms with Gasteiger partial charge in [0.1, 0.15) is 0 Å². The highest BCUT2D eigenvalue weighted by Gasteiger charge is 2.21. The van der Waals surface area contributed by atoms with E-state index in [-0.39, 0.29) is 29.8 Å². The number of nitrogens with zero attached hydrogens (tertiary/aromatic N) is 2. The summed E-state index contributed by atoms with van der Waals surface area (Å²) in [6.07, 6.45) is 0.245. The number of fused-ring (bicyclic) bond motifs is 4. The summed E-state index contributed by atoms with van der Waals surface area (Å²) in [6, 6.07) is 12.5. The highest BCUT2D eigenvalue weighted by Crippen LogP contribution is 2.29. The maximum absolute atomic E-state index is 13.0. The number of ether oxygens (including phenoxy) is 1. The largest absolute Gasteiger partial charge is 0.477 e. The topological polar surface area (TPSA) is 136 Å². The van der Waals surface area contributed by atoms with Crippen molar-refractivity contribution in [1.82, 2.24) is 9.97 Å². The third kappa shape index (κ3) is 4.56. The van der Waals surface area contributed by atoms with Crippen molar-refractivity contribution >= 4 is 27.6 Å². The summed E-state index contributed by atoms with van der Waals surface area (Å²) in [5, 5.41) is 2.63. The van der Waals surface area contributed by atoms with E-state index in [1.54, 1.807) is 12.1 Å². The smallest absolute Gasteiger partial charge is 0.264 e. The van der Waals surface area contributed by atoms with E-state index in [0.29, 0.717) is 11.4 Å². The molecule has 4 rings (SSSR count). The van der Waals surface area contributed by atoms with Crippen molar-refractivity contribution < 1.29 is 17.9 Å². The normalized spacial score (nSPS) is 18.0. The van der Waals surface area contributed by atoms with Gasteiger partial charge >= 0.3 is 0 Å². The van der Waals surface area contributed by atoms with Crippen LogP contribution in [0.25, 0.3) is 11.3 Å². The Bertz CT molecular complexity index is 1270. The van der Waals surface area contributed by atoms with E-state index in [4.69, 9.17) is 10.5 Å². The van der Waals surface area contributed by atoms with Gasteiger partial charge in [-0.1, -0.05) is 24.3 Å².